The van der Waals surface area contributed by atoms with Crippen LogP contribution in [-0.2, 0) is 0 Å². The molecule has 0 saturated heterocycles. The molecule has 1 aliphatic carbocycles. The number of nitrogens with zero attached hydrogens (tertiary/aromatic N) is 1. The van der Waals surface area contributed by atoms with Crippen LogP contribution in [0.5, 0.6) is 0 Å². The molecule has 1 atom stereocenters. The Kier molecular flexibility index (Phi) is 3.98. The van der Waals surface area contributed by atoms with Crippen LogP contribution >= 0.6 is 15.9 Å². The average molecular weight is 261 g/mol. The molecule has 1 N–H and O–H groups in total. The molecule has 1 fully saturated rings. The van der Waals surface area contributed by atoms with Crippen LogP contribution < -0.4 is 5.32 Å². The first-order valence-electron chi connectivity index (χ1n) is 4.86. The van der Waals surface area contributed by atoms with Gasteiger partial charge in [0, 0.05) is 17.6 Å². The number of amides is 2. The molecule has 0 radical (unpaired) electrons. The molecule has 0 aromatic rings. The van der Waals surface area contributed by atoms with Gasteiger partial charge in [0.1, 0.15) is 0 Å². The molecule has 1 unspecified atom stereocenters. The van der Waals surface area contributed by atoms with Gasteiger partial charge in [-0.1, -0.05) is 22.5 Å². The second-order valence-corrected chi connectivity index (χ2v) is 4.99. The Morgan fingerprint density at radius 3 is 2.71 bits per heavy atom. The fourth-order valence-corrected chi connectivity index (χ4v) is 1.52. The van der Waals surface area contributed by atoms with Crippen LogP contribution in [0, 0.1) is 5.92 Å². The summed E-state index contributed by atoms with van der Waals surface area (Å²) in [4.78, 5) is 13.3. The molecule has 3 nitrogen and oxygen atoms in total. The first-order valence-corrected chi connectivity index (χ1v) is 5.65. The lowest BCUT2D eigenvalue weighted by Crippen LogP contribution is -2.43. The lowest BCUT2D eigenvalue weighted by molar-refractivity contribution is 0.189. The molecule has 80 valence electrons. The molecule has 1 aliphatic rings. The number of hydrogen-bond acceptors (Lipinski definition) is 1. The van der Waals surface area contributed by atoms with E-state index in [-0.39, 0.29) is 6.03 Å². The van der Waals surface area contributed by atoms with Gasteiger partial charge in [0.2, 0.25) is 0 Å². The van der Waals surface area contributed by atoms with E-state index >= 15 is 0 Å². The van der Waals surface area contributed by atoms with Crippen molar-refractivity contribution in [1.82, 2.24) is 10.2 Å². The Balaban J connectivity index is 2.31. The molecule has 4 heteroatoms. The topological polar surface area (TPSA) is 32.3 Å². The maximum atomic E-state index is 11.6. The van der Waals surface area contributed by atoms with Crippen LogP contribution in [0.25, 0.3) is 0 Å². The average Bonchev–Trinajstić information content (AvgIpc) is 2.94. The minimum atomic E-state index is -0.0231. The zero-order chi connectivity index (χ0) is 10.7. The molecule has 14 heavy (non-hydrogen) atoms. The summed E-state index contributed by atoms with van der Waals surface area (Å²) in [6, 6.07) is 0.323. The second-order valence-electron chi connectivity index (χ2n) is 3.86. The Morgan fingerprint density at radius 1 is 1.71 bits per heavy atom. The third-order valence-corrected chi connectivity index (χ3v) is 2.95. The molecule has 1 saturated carbocycles. The predicted octanol–water partition coefficient (Wildman–Crippen LogP) is 2.33. The van der Waals surface area contributed by atoms with E-state index in [1.54, 1.807) is 4.90 Å². The van der Waals surface area contributed by atoms with Crippen molar-refractivity contribution >= 4 is 22.0 Å². The monoisotopic (exact) mass is 260 g/mol. The smallest absolute Gasteiger partial charge is 0.317 e. The molecule has 0 bridgehead atoms. The van der Waals surface area contributed by atoms with Gasteiger partial charge in [0.25, 0.3) is 0 Å². The highest BCUT2D eigenvalue weighted by atomic mass is 79.9. The van der Waals surface area contributed by atoms with Gasteiger partial charge in [0.05, 0.1) is 6.54 Å². The van der Waals surface area contributed by atoms with Crippen molar-refractivity contribution in [3.63, 3.8) is 0 Å². The van der Waals surface area contributed by atoms with Gasteiger partial charge < -0.3 is 10.2 Å². The summed E-state index contributed by atoms with van der Waals surface area (Å²) in [6.07, 6.45) is 2.51. The number of urea groups is 1. The van der Waals surface area contributed by atoms with E-state index < -0.39 is 0 Å². The number of nitrogens with one attached hydrogen (secondary N) is 1. The lowest BCUT2D eigenvalue weighted by atomic mass is 10.2. The van der Waals surface area contributed by atoms with Crippen molar-refractivity contribution in [1.29, 1.82) is 0 Å². The summed E-state index contributed by atoms with van der Waals surface area (Å²) < 4.78 is 0.790. The van der Waals surface area contributed by atoms with Crippen LogP contribution in [0.1, 0.15) is 19.8 Å². The van der Waals surface area contributed by atoms with Crippen molar-refractivity contribution in [2.75, 3.05) is 13.6 Å². The van der Waals surface area contributed by atoms with E-state index in [9.17, 15) is 4.79 Å². The zero-order valence-electron chi connectivity index (χ0n) is 8.72. The summed E-state index contributed by atoms with van der Waals surface area (Å²) in [5.74, 6) is 0.706. The summed E-state index contributed by atoms with van der Waals surface area (Å²) in [5, 5.41) is 2.79. The molecular formula is C10H17BrN2O. The third kappa shape index (κ3) is 3.33. The van der Waals surface area contributed by atoms with Gasteiger partial charge in [0.15, 0.2) is 0 Å². The highest BCUT2D eigenvalue weighted by Crippen LogP contribution is 2.34. The quantitative estimate of drug-likeness (QED) is 0.827. The van der Waals surface area contributed by atoms with E-state index in [1.807, 2.05) is 7.05 Å². The number of carbonyl (C=O) groups is 1. The Labute approximate surface area is 93.7 Å². The normalized spacial score (nSPS) is 17.4. The lowest BCUT2D eigenvalue weighted by Gasteiger charge is -2.25. The van der Waals surface area contributed by atoms with Crippen LogP contribution in [0.2, 0.25) is 0 Å². The van der Waals surface area contributed by atoms with Crippen molar-refractivity contribution in [3.8, 4) is 0 Å². The molecule has 0 heterocycles. The Bertz CT molecular complexity index is 238. The number of halogens is 1. The van der Waals surface area contributed by atoms with Crippen LogP contribution in [-0.4, -0.2) is 30.6 Å². The van der Waals surface area contributed by atoms with Crippen molar-refractivity contribution in [2.45, 2.75) is 25.8 Å². The first kappa shape index (κ1) is 11.6. The maximum absolute atomic E-state index is 11.6. The minimum Gasteiger partial charge on any atom is -0.333 e. The number of hydrogen-bond donors (Lipinski definition) is 1. The standard InChI is InChI=1S/C10H17BrN2O/c1-7(11)6-12-10(14)13(3)8(2)9-4-5-9/h8-9H,1,4-6H2,2-3H3,(H,12,14). The van der Waals surface area contributed by atoms with Gasteiger partial charge in [-0.25, -0.2) is 4.79 Å². The molecule has 0 aliphatic heterocycles. The fraction of sp³-hybridized carbons (Fsp3) is 0.700. The van der Waals surface area contributed by atoms with E-state index in [0.717, 1.165) is 4.48 Å². The minimum absolute atomic E-state index is 0.0231. The highest BCUT2D eigenvalue weighted by molar-refractivity contribution is 9.11. The maximum Gasteiger partial charge on any atom is 0.317 e. The van der Waals surface area contributed by atoms with E-state index in [2.05, 4.69) is 34.7 Å². The summed E-state index contributed by atoms with van der Waals surface area (Å²) in [5.41, 5.74) is 0. The SMILES string of the molecule is C=C(Br)CNC(=O)N(C)C(C)C1CC1. The van der Waals surface area contributed by atoms with E-state index in [0.29, 0.717) is 18.5 Å². The Hall–Kier alpha value is -0.510. The highest BCUT2D eigenvalue weighted by Gasteiger charge is 2.32. The zero-order valence-corrected chi connectivity index (χ0v) is 10.3. The third-order valence-electron chi connectivity index (χ3n) is 2.67. The van der Waals surface area contributed by atoms with Gasteiger partial charge in [-0.2, -0.15) is 0 Å². The second kappa shape index (κ2) is 4.82. The summed E-state index contributed by atoms with van der Waals surface area (Å²) >= 11 is 3.20. The van der Waals surface area contributed by atoms with E-state index in [1.165, 1.54) is 12.8 Å². The fourth-order valence-electron chi connectivity index (χ4n) is 1.38. The molecule has 0 aromatic heterocycles. The van der Waals surface area contributed by atoms with Gasteiger partial charge >= 0.3 is 6.03 Å². The van der Waals surface area contributed by atoms with Crippen LogP contribution in [0.15, 0.2) is 11.1 Å². The number of rotatable bonds is 4. The van der Waals surface area contributed by atoms with Crippen molar-refractivity contribution < 1.29 is 4.79 Å². The molecule has 0 aromatic carbocycles. The molecule has 1 rings (SSSR count). The van der Waals surface area contributed by atoms with Gasteiger partial charge in [-0.15, -0.1) is 0 Å². The van der Waals surface area contributed by atoms with Crippen LogP contribution in [0.3, 0.4) is 0 Å². The summed E-state index contributed by atoms with van der Waals surface area (Å²) in [7, 11) is 1.84. The molecule has 0 spiro atoms. The largest absolute Gasteiger partial charge is 0.333 e. The van der Waals surface area contributed by atoms with Gasteiger partial charge in [-0.05, 0) is 25.7 Å². The first-order chi connectivity index (χ1) is 6.52. The van der Waals surface area contributed by atoms with Crippen molar-refractivity contribution in [3.05, 3.63) is 11.1 Å². The Morgan fingerprint density at radius 2 is 2.29 bits per heavy atom. The van der Waals surface area contributed by atoms with E-state index in [4.69, 9.17) is 0 Å². The van der Waals surface area contributed by atoms with Gasteiger partial charge in [-0.3, -0.25) is 0 Å². The molecule has 2 amide bonds. The van der Waals surface area contributed by atoms with Crippen LogP contribution in [0.4, 0.5) is 4.79 Å². The summed E-state index contributed by atoms with van der Waals surface area (Å²) in [6.45, 7) is 6.25. The number of carbonyl (C=O) groups excluding carboxylic acids is 1. The van der Waals surface area contributed by atoms with Crippen molar-refractivity contribution in [2.24, 2.45) is 5.92 Å². The molecular weight excluding hydrogens is 244 g/mol. The predicted molar refractivity (Wildman–Crippen MR) is 61.4 cm³/mol.